The van der Waals surface area contributed by atoms with E-state index in [0.29, 0.717) is 6.42 Å². The van der Waals surface area contributed by atoms with Gasteiger partial charge in [0.05, 0.1) is 17.3 Å². The van der Waals surface area contributed by atoms with E-state index >= 15 is 0 Å². The average molecular weight is 280 g/mol. The smallest absolute Gasteiger partial charge is 0.335 e. The first-order valence-electron chi connectivity index (χ1n) is 6.65. The number of carbonyl (C=O) groups is 2. The van der Waals surface area contributed by atoms with Crippen molar-refractivity contribution < 1.29 is 19.1 Å². The summed E-state index contributed by atoms with van der Waals surface area (Å²) in [5.41, 5.74) is -0.156. The maximum absolute atomic E-state index is 13.6. The third-order valence-electron chi connectivity index (χ3n) is 3.35. The van der Waals surface area contributed by atoms with E-state index in [1.807, 2.05) is 0 Å². The third-order valence-corrected chi connectivity index (χ3v) is 3.35. The van der Waals surface area contributed by atoms with Crippen LogP contribution in [0.3, 0.4) is 0 Å². The van der Waals surface area contributed by atoms with Crippen molar-refractivity contribution in [2.24, 2.45) is 0 Å². The molecule has 0 aromatic heterocycles. The fourth-order valence-corrected chi connectivity index (χ4v) is 2.23. The van der Waals surface area contributed by atoms with Crippen molar-refractivity contribution in [1.29, 1.82) is 0 Å². The van der Waals surface area contributed by atoms with Crippen molar-refractivity contribution in [3.05, 3.63) is 29.6 Å². The van der Waals surface area contributed by atoms with Gasteiger partial charge in [0.1, 0.15) is 5.82 Å². The van der Waals surface area contributed by atoms with Gasteiger partial charge in [-0.2, -0.15) is 0 Å². The molecule has 1 unspecified atom stereocenters. The summed E-state index contributed by atoms with van der Waals surface area (Å²) in [6.45, 7) is 0.760. The number of benzene rings is 1. The lowest BCUT2D eigenvalue weighted by atomic mass is 10.1. The van der Waals surface area contributed by atoms with Gasteiger partial charge in [-0.1, -0.05) is 12.8 Å². The topological polar surface area (TPSA) is 78.4 Å². The first-order chi connectivity index (χ1) is 9.58. The molecule has 3 N–H and O–H groups in total. The van der Waals surface area contributed by atoms with Gasteiger partial charge in [0.25, 0.3) is 0 Å². The number of nitrogens with one attached hydrogen (secondary N) is 2. The molecule has 0 saturated carbocycles. The van der Waals surface area contributed by atoms with E-state index in [2.05, 4.69) is 10.6 Å². The predicted octanol–water partition coefficient (Wildman–Crippen LogP) is 1.99. The van der Waals surface area contributed by atoms with Crippen LogP contribution in [0.5, 0.6) is 0 Å². The molecule has 0 bridgehead atoms. The molecule has 0 aliphatic carbocycles. The fraction of sp³-hybridized carbons (Fsp3) is 0.429. The second kappa shape index (κ2) is 6.47. The molecule has 1 heterocycles. The monoisotopic (exact) mass is 280 g/mol. The number of anilines is 1. The number of carbonyl (C=O) groups excluding carboxylic acids is 1. The Bertz CT molecular complexity index is 511. The summed E-state index contributed by atoms with van der Waals surface area (Å²) in [6, 6.07) is 2.98. The zero-order valence-electron chi connectivity index (χ0n) is 11.0. The molecule has 0 spiro atoms. The van der Waals surface area contributed by atoms with Gasteiger partial charge in [-0.15, -0.1) is 0 Å². The van der Waals surface area contributed by atoms with E-state index < -0.39 is 11.8 Å². The maximum Gasteiger partial charge on any atom is 0.335 e. The summed E-state index contributed by atoms with van der Waals surface area (Å²) in [5, 5.41) is 14.4. The Balaban J connectivity index is 2.10. The van der Waals surface area contributed by atoms with Gasteiger partial charge in [0, 0.05) is 0 Å². The summed E-state index contributed by atoms with van der Waals surface area (Å²) in [4.78, 5) is 22.9. The number of hydrogen-bond acceptors (Lipinski definition) is 3. The highest BCUT2D eigenvalue weighted by atomic mass is 19.1. The Morgan fingerprint density at radius 1 is 1.30 bits per heavy atom. The SMILES string of the molecule is O=C(O)c1ccc(F)c(NC(=O)C2CCCCCN2)c1. The summed E-state index contributed by atoms with van der Waals surface area (Å²) in [6.07, 6.45) is 3.74. The van der Waals surface area contributed by atoms with Gasteiger partial charge >= 0.3 is 5.97 Å². The minimum absolute atomic E-state index is 0.0597. The average Bonchev–Trinajstić information content (AvgIpc) is 2.70. The Labute approximate surface area is 116 Å². The van der Waals surface area contributed by atoms with Crippen LogP contribution in [0, 0.1) is 5.82 Å². The molecular formula is C14H17FN2O3. The molecule has 1 aromatic carbocycles. The molecule has 1 fully saturated rings. The van der Waals surface area contributed by atoms with Crippen LogP contribution in [0.4, 0.5) is 10.1 Å². The molecule has 0 radical (unpaired) electrons. The lowest BCUT2D eigenvalue weighted by Crippen LogP contribution is -2.40. The lowest BCUT2D eigenvalue weighted by Gasteiger charge is -2.16. The van der Waals surface area contributed by atoms with Crippen LogP contribution in [0.15, 0.2) is 18.2 Å². The van der Waals surface area contributed by atoms with Crippen molar-refractivity contribution in [1.82, 2.24) is 5.32 Å². The number of halogens is 1. The van der Waals surface area contributed by atoms with Gasteiger partial charge in [-0.25, -0.2) is 9.18 Å². The number of carboxylic acid groups (broad SMARTS) is 1. The summed E-state index contributed by atoms with van der Waals surface area (Å²) >= 11 is 0. The largest absolute Gasteiger partial charge is 0.478 e. The van der Waals surface area contributed by atoms with Crippen molar-refractivity contribution in [3.8, 4) is 0 Å². The molecule has 5 nitrogen and oxygen atoms in total. The van der Waals surface area contributed by atoms with Crippen molar-refractivity contribution in [2.45, 2.75) is 31.7 Å². The first kappa shape index (κ1) is 14.5. The Hall–Kier alpha value is -1.95. The van der Waals surface area contributed by atoms with Gasteiger partial charge in [-0.3, -0.25) is 4.79 Å². The molecule has 1 amide bonds. The molecule has 2 rings (SSSR count). The second-order valence-corrected chi connectivity index (χ2v) is 4.85. The molecule has 1 aromatic rings. The maximum atomic E-state index is 13.6. The minimum atomic E-state index is -1.16. The van der Waals surface area contributed by atoms with E-state index in [1.165, 1.54) is 0 Å². The lowest BCUT2D eigenvalue weighted by molar-refractivity contribution is -0.118. The number of aromatic carboxylic acids is 1. The highest BCUT2D eigenvalue weighted by Gasteiger charge is 2.21. The first-order valence-corrected chi connectivity index (χ1v) is 6.65. The molecule has 1 aliphatic rings. The van der Waals surface area contributed by atoms with Crippen LogP contribution in [-0.4, -0.2) is 29.6 Å². The Kier molecular flexibility index (Phi) is 4.68. The van der Waals surface area contributed by atoms with Crippen LogP contribution < -0.4 is 10.6 Å². The van der Waals surface area contributed by atoms with Crippen LogP contribution in [-0.2, 0) is 4.79 Å². The molecule has 108 valence electrons. The quantitative estimate of drug-likeness (QED) is 0.791. The van der Waals surface area contributed by atoms with Crippen LogP contribution in [0.2, 0.25) is 0 Å². The highest BCUT2D eigenvalue weighted by molar-refractivity contribution is 5.96. The Morgan fingerprint density at radius 3 is 2.85 bits per heavy atom. The number of amides is 1. The fourth-order valence-electron chi connectivity index (χ4n) is 2.23. The zero-order valence-corrected chi connectivity index (χ0v) is 11.0. The summed E-state index contributed by atoms with van der Waals surface area (Å²) in [5.74, 6) is -2.13. The summed E-state index contributed by atoms with van der Waals surface area (Å²) in [7, 11) is 0. The standard InChI is InChI=1S/C14H17FN2O3/c15-10-6-5-9(14(19)20)8-12(10)17-13(18)11-4-2-1-3-7-16-11/h5-6,8,11,16H,1-4,7H2,(H,17,18)(H,19,20). The van der Waals surface area contributed by atoms with Crippen LogP contribution in [0.1, 0.15) is 36.0 Å². The van der Waals surface area contributed by atoms with Gasteiger partial charge < -0.3 is 15.7 Å². The van der Waals surface area contributed by atoms with Crippen molar-refractivity contribution >= 4 is 17.6 Å². The van der Waals surface area contributed by atoms with Crippen molar-refractivity contribution in [2.75, 3.05) is 11.9 Å². The van der Waals surface area contributed by atoms with E-state index in [9.17, 15) is 14.0 Å². The second-order valence-electron chi connectivity index (χ2n) is 4.85. The van der Waals surface area contributed by atoms with E-state index in [-0.39, 0.29) is 23.2 Å². The molecule has 20 heavy (non-hydrogen) atoms. The normalized spacial score (nSPS) is 19.1. The molecule has 6 heteroatoms. The number of rotatable bonds is 3. The van der Waals surface area contributed by atoms with Gasteiger partial charge in [0.15, 0.2) is 0 Å². The predicted molar refractivity (Wildman–Crippen MR) is 72.2 cm³/mol. The molecule has 1 aliphatic heterocycles. The summed E-state index contributed by atoms with van der Waals surface area (Å²) < 4.78 is 13.6. The zero-order chi connectivity index (χ0) is 14.5. The number of hydrogen-bond donors (Lipinski definition) is 3. The van der Waals surface area contributed by atoms with Crippen LogP contribution >= 0.6 is 0 Å². The molecular weight excluding hydrogens is 263 g/mol. The van der Waals surface area contributed by atoms with E-state index in [0.717, 1.165) is 44.0 Å². The third kappa shape index (κ3) is 3.54. The molecule has 1 atom stereocenters. The van der Waals surface area contributed by atoms with E-state index in [4.69, 9.17) is 5.11 Å². The van der Waals surface area contributed by atoms with Gasteiger partial charge in [0.2, 0.25) is 5.91 Å². The van der Waals surface area contributed by atoms with E-state index in [1.54, 1.807) is 0 Å². The van der Waals surface area contributed by atoms with Crippen molar-refractivity contribution in [3.63, 3.8) is 0 Å². The molecule has 1 saturated heterocycles. The minimum Gasteiger partial charge on any atom is -0.478 e. The number of carboxylic acids is 1. The Morgan fingerprint density at radius 2 is 2.10 bits per heavy atom. The van der Waals surface area contributed by atoms with Gasteiger partial charge in [-0.05, 0) is 37.6 Å². The highest BCUT2D eigenvalue weighted by Crippen LogP contribution is 2.18. The van der Waals surface area contributed by atoms with Crippen LogP contribution in [0.25, 0.3) is 0 Å².